The number of benzene rings is 4. The van der Waals surface area contributed by atoms with Crippen molar-refractivity contribution in [1.82, 2.24) is 0 Å². The van der Waals surface area contributed by atoms with E-state index >= 15 is 0 Å². The van der Waals surface area contributed by atoms with Gasteiger partial charge in [0.05, 0.1) is 0 Å². The van der Waals surface area contributed by atoms with Gasteiger partial charge in [-0.15, -0.1) is 0 Å². The molecule has 2 unspecified atom stereocenters. The predicted octanol–water partition coefficient (Wildman–Crippen LogP) is 8.69. The third-order valence-electron chi connectivity index (χ3n) is 12.1. The maximum atomic E-state index is 2.69. The van der Waals surface area contributed by atoms with Crippen LogP contribution in [0.25, 0.3) is 34.4 Å². The minimum absolute atomic E-state index is 0. The molecule has 0 radical (unpaired) electrons. The summed E-state index contributed by atoms with van der Waals surface area (Å²) in [6.45, 7) is 23.6. The molecule has 1 aliphatic heterocycles. The molecule has 52 heavy (non-hydrogen) atoms. The average Bonchev–Trinajstić information content (AvgIpc) is 3.57. The van der Waals surface area contributed by atoms with Crippen molar-refractivity contribution in [2.24, 2.45) is 11.8 Å². The largest absolute Gasteiger partial charge is 1.00 e. The van der Waals surface area contributed by atoms with Crippen molar-refractivity contribution in [3.8, 4) is 22.3 Å². The Kier molecular flexibility index (Phi) is 12.1. The van der Waals surface area contributed by atoms with Crippen LogP contribution in [-0.2, 0) is 27.4 Å². The molecule has 3 heteroatoms. The smallest absolute Gasteiger partial charge is 1.00 e. The summed E-state index contributed by atoms with van der Waals surface area (Å²) >= 11 is -2.62. The predicted molar refractivity (Wildman–Crippen MR) is 216 cm³/mol. The molecule has 2 aliphatic carbocycles. The molecule has 2 atom stereocenters. The third-order valence-corrected chi connectivity index (χ3v) is 21.9. The van der Waals surface area contributed by atoms with E-state index in [1.54, 1.807) is 22.3 Å². The molecule has 0 aromatic heterocycles. The summed E-state index contributed by atoms with van der Waals surface area (Å²) in [7, 11) is 0. The fourth-order valence-electron chi connectivity index (χ4n) is 9.71. The van der Waals surface area contributed by atoms with Crippen molar-refractivity contribution in [3.63, 3.8) is 0 Å². The van der Waals surface area contributed by atoms with E-state index in [4.69, 9.17) is 0 Å². The van der Waals surface area contributed by atoms with E-state index in [1.807, 2.05) is 0 Å². The van der Waals surface area contributed by atoms with Crippen LogP contribution in [0.15, 0.2) is 96.1 Å². The van der Waals surface area contributed by atoms with Crippen LogP contribution in [0.1, 0.15) is 130 Å². The van der Waals surface area contributed by atoms with Crippen LogP contribution >= 0.6 is 0 Å². The van der Waals surface area contributed by atoms with Gasteiger partial charge in [0.15, 0.2) is 0 Å². The van der Waals surface area contributed by atoms with E-state index in [1.165, 1.54) is 73.2 Å². The van der Waals surface area contributed by atoms with E-state index < -0.39 is 16.6 Å². The average molecular weight is 768 g/mol. The zero-order chi connectivity index (χ0) is 35.6. The maximum Gasteiger partial charge on any atom is -1.00 e. The van der Waals surface area contributed by atoms with Gasteiger partial charge >= 0.3 is 310 Å². The van der Waals surface area contributed by atoms with Crippen LogP contribution in [-0.4, -0.2) is 0 Å². The SMILES string of the molecule is CC(C)CC1=Cc2c(-c3ccc(C(C)(C)C)cc3)cccc2[CH]1[Ti+2]1([CH]2C(CC(C)C)=Cc3c(-c4ccc(C(C)(C)C)cc4)cccc32)[CH2]C[CH2]1.[Cl-].[Cl-]. The first-order chi connectivity index (χ1) is 23.7. The summed E-state index contributed by atoms with van der Waals surface area (Å²) in [5, 5.41) is 0. The molecule has 0 N–H and O–H groups in total. The van der Waals surface area contributed by atoms with Gasteiger partial charge in [0.2, 0.25) is 0 Å². The Morgan fingerprint density at radius 2 is 0.904 bits per heavy atom. The molecule has 0 amide bonds. The Hall–Kier alpha value is -2.35. The van der Waals surface area contributed by atoms with E-state index in [0.29, 0.717) is 20.3 Å². The van der Waals surface area contributed by atoms with Crippen LogP contribution < -0.4 is 24.8 Å². The molecular formula is C49H60Cl2Ti. The summed E-state index contributed by atoms with van der Waals surface area (Å²) in [4.78, 5) is 0. The van der Waals surface area contributed by atoms with Gasteiger partial charge in [-0.05, 0) is 0 Å². The fourth-order valence-corrected chi connectivity index (χ4v) is 19.5. The molecule has 1 saturated heterocycles. The Morgan fingerprint density at radius 1 is 0.538 bits per heavy atom. The third kappa shape index (κ3) is 7.49. The number of hydrogen-bond donors (Lipinski definition) is 0. The van der Waals surface area contributed by atoms with Crippen LogP contribution in [0.4, 0.5) is 0 Å². The van der Waals surface area contributed by atoms with E-state index in [2.05, 4.69) is 166 Å². The number of fused-ring (bicyclic) bond motifs is 2. The standard InChI is InChI=1S/2C23H27.C3H6.2ClH.Ti/c2*1-16(2)13-17-14-19-7-6-8-21(22(19)15-17)18-9-11-20(12-10-18)23(3,4)5;1-3-2;;;/h2*6-12,14-16H,13H2,1-5H3;1-3H2;2*1H;/q;;;;;+2/p-2. The van der Waals surface area contributed by atoms with Gasteiger partial charge in [-0.2, -0.15) is 0 Å². The molecule has 1 fully saturated rings. The molecule has 0 nitrogen and oxygen atoms in total. The molecule has 3 aliphatic rings. The van der Waals surface area contributed by atoms with Gasteiger partial charge in [-0.3, -0.25) is 0 Å². The molecule has 0 spiro atoms. The van der Waals surface area contributed by atoms with Gasteiger partial charge in [0, 0.05) is 0 Å². The van der Waals surface area contributed by atoms with Gasteiger partial charge < -0.3 is 24.8 Å². The van der Waals surface area contributed by atoms with Gasteiger partial charge in [0.25, 0.3) is 0 Å². The van der Waals surface area contributed by atoms with Crippen molar-refractivity contribution in [1.29, 1.82) is 0 Å². The Labute approximate surface area is 332 Å². The number of allylic oxidation sites excluding steroid dienone is 2. The first-order valence-corrected chi connectivity index (χ1v) is 23.6. The molecular weight excluding hydrogens is 707 g/mol. The molecule has 7 rings (SSSR count). The van der Waals surface area contributed by atoms with Crippen LogP contribution in [0.3, 0.4) is 0 Å². The van der Waals surface area contributed by atoms with Crippen molar-refractivity contribution >= 4 is 12.2 Å². The summed E-state index contributed by atoms with van der Waals surface area (Å²) in [5.41, 5.74) is 18.6. The zero-order valence-electron chi connectivity index (χ0n) is 33.3. The van der Waals surface area contributed by atoms with Crippen LogP contribution in [0, 0.1) is 11.8 Å². The Morgan fingerprint density at radius 3 is 1.19 bits per heavy atom. The summed E-state index contributed by atoms with van der Waals surface area (Å²) in [6.07, 6.45) is 9.19. The second-order valence-corrected chi connectivity index (χ2v) is 26.1. The fraction of sp³-hybridized carbons (Fsp3) is 0.429. The van der Waals surface area contributed by atoms with Gasteiger partial charge in [-0.1, -0.05) is 0 Å². The van der Waals surface area contributed by atoms with Crippen molar-refractivity contribution < 1.29 is 41.4 Å². The van der Waals surface area contributed by atoms with Crippen LogP contribution in [0.2, 0.25) is 9.45 Å². The van der Waals surface area contributed by atoms with Gasteiger partial charge in [0.1, 0.15) is 0 Å². The molecule has 0 saturated carbocycles. The van der Waals surface area contributed by atoms with E-state index in [9.17, 15) is 0 Å². The molecule has 274 valence electrons. The number of halogens is 2. The van der Waals surface area contributed by atoms with Crippen molar-refractivity contribution in [3.05, 3.63) is 129 Å². The monoisotopic (exact) mass is 766 g/mol. The van der Waals surface area contributed by atoms with Gasteiger partial charge in [-0.25, -0.2) is 0 Å². The molecule has 4 aromatic rings. The second kappa shape index (κ2) is 15.4. The molecule has 4 aromatic carbocycles. The second-order valence-electron chi connectivity index (χ2n) is 18.9. The quantitative estimate of drug-likeness (QED) is 0.158. The molecule has 1 heterocycles. The first-order valence-electron chi connectivity index (χ1n) is 19.6. The summed E-state index contributed by atoms with van der Waals surface area (Å²) < 4.78 is 4.23. The van der Waals surface area contributed by atoms with E-state index in [-0.39, 0.29) is 35.6 Å². The minimum Gasteiger partial charge on any atom is -1.00 e. The zero-order valence-corrected chi connectivity index (χ0v) is 36.4. The normalized spacial score (nSPS) is 18.3. The number of hydrogen-bond acceptors (Lipinski definition) is 0. The van der Waals surface area contributed by atoms with Crippen LogP contribution in [0.5, 0.6) is 0 Å². The topological polar surface area (TPSA) is 0 Å². The summed E-state index contributed by atoms with van der Waals surface area (Å²) in [6, 6.07) is 33.6. The molecule has 0 bridgehead atoms. The van der Waals surface area contributed by atoms with E-state index in [0.717, 1.165) is 0 Å². The minimum atomic E-state index is -2.62. The number of rotatable bonds is 8. The van der Waals surface area contributed by atoms with Crippen molar-refractivity contribution in [2.75, 3.05) is 0 Å². The summed E-state index contributed by atoms with van der Waals surface area (Å²) in [5.74, 6) is 1.30. The first kappa shape index (κ1) is 40.8. The maximum absolute atomic E-state index is 2.69. The van der Waals surface area contributed by atoms with Crippen molar-refractivity contribution in [2.45, 2.75) is 117 Å². The Bertz CT molecular complexity index is 1800. The Balaban J connectivity index is 0.00000261.